The monoisotopic (exact) mass is 199 g/mol. The molecule has 0 aromatic heterocycles. The zero-order valence-electron chi connectivity index (χ0n) is 7.53. The first kappa shape index (κ1) is 10.4. The maximum Gasteiger partial charge on any atom is 0.231 e. The van der Waals surface area contributed by atoms with Crippen LogP contribution in [0.15, 0.2) is 24.3 Å². The van der Waals surface area contributed by atoms with Crippen molar-refractivity contribution in [3.8, 4) is 0 Å². The lowest BCUT2D eigenvalue weighted by atomic mass is 10.1. The Kier molecular flexibility index (Phi) is 4.08. The molecule has 0 saturated carbocycles. The topological polar surface area (TPSA) is 52.3 Å². The molecule has 0 aliphatic rings. The predicted molar refractivity (Wildman–Crippen MR) is 52.9 cm³/mol. The molecule has 0 bridgehead atoms. The van der Waals surface area contributed by atoms with Gasteiger partial charge in [-0.15, -0.1) is 0 Å². The summed E-state index contributed by atoms with van der Waals surface area (Å²) in [5.41, 5.74) is 2.26. The molecule has 0 saturated heterocycles. The van der Waals surface area contributed by atoms with Crippen molar-refractivity contribution in [2.75, 3.05) is 0 Å². The first-order valence-corrected chi connectivity index (χ1v) is 5.23. The van der Waals surface area contributed by atoms with Crippen molar-refractivity contribution in [3.63, 3.8) is 0 Å². The van der Waals surface area contributed by atoms with Gasteiger partial charge < -0.3 is 0 Å². The maximum atomic E-state index is 10.4. The van der Waals surface area contributed by atoms with Crippen molar-refractivity contribution in [3.05, 3.63) is 35.4 Å². The molecule has 1 aromatic rings. The minimum atomic E-state index is -1.67. The number of hydrogen-bond donors (Lipinski definition) is 1. The summed E-state index contributed by atoms with van der Waals surface area (Å²) >= 11 is -1.67. The van der Waals surface area contributed by atoms with E-state index in [1.807, 2.05) is 24.3 Å². The van der Waals surface area contributed by atoms with Crippen LogP contribution in [0.2, 0.25) is 0 Å². The normalized spacial score (nSPS) is 12.8. The van der Waals surface area contributed by atoms with Gasteiger partial charge in [0.05, 0.1) is 6.61 Å². The SMILES string of the molecule is CCc1ccc(COS(N)=O)cc1. The Labute approximate surface area is 80.7 Å². The summed E-state index contributed by atoms with van der Waals surface area (Å²) in [5, 5.41) is 4.95. The van der Waals surface area contributed by atoms with Crippen molar-refractivity contribution in [1.29, 1.82) is 0 Å². The Morgan fingerprint density at radius 3 is 2.31 bits per heavy atom. The van der Waals surface area contributed by atoms with Crippen molar-refractivity contribution < 1.29 is 8.39 Å². The highest BCUT2D eigenvalue weighted by Gasteiger charge is 1.95. The average molecular weight is 199 g/mol. The molecule has 0 fully saturated rings. The van der Waals surface area contributed by atoms with Crippen LogP contribution in [0.5, 0.6) is 0 Å². The molecule has 0 radical (unpaired) electrons. The van der Waals surface area contributed by atoms with E-state index in [-0.39, 0.29) is 0 Å². The van der Waals surface area contributed by atoms with E-state index in [9.17, 15) is 4.21 Å². The average Bonchev–Trinajstić information content (AvgIpc) is 2.15. The van der Waals surface area contributed by atoms with Gasteiger partial charge in [0.15, 0.2) is 0 Å². The Morgan fingerprint density at radius 2 is 1.85 bits per heavy atom. The van der Waals surface area contributed by atoms with Crippen molar-refractivity contribution in [2.45, 2.75) is 20.0 Å². The van der Waals surface area contributed by atoms with E-state index in [1.54, 1.807) is 0 Å². The van der Waals surface area contributed by atoms with Crippen molar-refractivity contribution >= 4 is 11.3 Å². The van der Waals surface area contributed by atoms with Crippen LogP contribution in [-0.4, -0.2) is 4.21 Å². The second kappa shape index (κ2) is 5.11. The van der Waals surface area contributed by atoms with Gasteiger partial charge in [-0.1, -0.05) is 31.2 Å². The molecular formula is C9H13NO2S. The molecule has 0 aliphatic carbocycles. The summed E-state index contributed by atoms with van der Waals surface area (Å²) in [4.78, 5) is 0. The molecule has 1 atom stereocenters. The van der Waals surface area contributed by atoms with E-state index in [0.717, 1.165) is 12.0 Å². The lowest BCUT2D eigenvalue weighted by molar-refractivity contribution is 0.337. The Balaban J connectivity index is 2.54. The summed E-state index contributed by atoms with van der Waals surface area (Å²) in [7, 11) is 0. The molecule has 1 unspecified atom stereocenters. The standard InChI is InChI=1S/C9H13NO2S/c1-2-8-3-5-9(6-4-8)7-12-13(10)11/h3-6H,2,7,10H2,1H3. The third kappa shape index (κ3) is 3.67. The second-order valence-corrected chi connectivity index (χ2v) is 3.45. The molecule has 0 aliphatic heterocycles. The highest BCUT2D eigenvalue weighted by atomic mass is 32.2. The first-order chi connectivity index (χ1) is 6.22. The zero-order chi connectivity index (χ0) is 9.68. The van der Waals surface area contributed by atoms with Crippen LogP contribution in [0, 0.1) is 0 Å². The van der Waals surface area contributed by atoms with Crippen LogP contribution in [0.1, 0.15) is 18.1 Å². The minimum Gasteiger partial charge on any atom is -0.274 e. The number of benzene rings is 1. The Hall–Kier alpha value is -0.710. The lowest BCUT2D eigenvalue weighted by Crippen LogP contribution is -2.06. The predicted octanol–water partition coefficient (Wildman–Crippen LogP) is 1.30. The van der Waals surface area contributed by atoms with E-state index in [2.05, 4.69) is 6.92 Å². The highest BCUT2D eigenvalue weighted by molar-refractivity contribution is 7.77. The smallest absolute Gasteiger partial charge is 0.231 e. The number of aryl methyl sites for hydroxylation is 1. The summed E-state index contributed by atoms with van der Waals surface area (Å²) in [6, 6.07) is 7.95. The molecule has 72 valence electrons. The maximum absolute atomic E-state index is 10.4. The van der Waals surface area contributed by atoms with Crippen molar-refractivity contribution in [1.82, 2.24) is 0 Å². The van der Waals surface area contributed by atoms with E-state index in [1.165, 1.54) is 5.56 Å². The Bertz CT molecular complexity index is 284. The van der Waals surface area contributed by atoms with E-state index >= 15 is 0 Å². The number of hydrogen-bond acceptors (Lipinski definition) is 2. The van der Waals surface area contributed by atoms with E-state index in [4.69, 9.17) is 9.32 Å². The summed E-state index contributed by atoms with van der Waals surface area (Å²) in [6.45, 7) is 2.40. The molecule has 0 spiro atoms. The minimum absolute atomic E-state index is 0.299. The Morgan fingerprint density at radius 1 is 1.31 bits per heavy atom. The van der Waals surface area contributed by atoms with Crippen LogP contribution >= 0.6 is 0 Å². The van der Waals surface area contributed by atoms with Gasteiger partial charge >= 0.3 is 0 Å². The fourth-order valence-electron chi connectivity index (χ4n) is 0.997. The number of nitrogens with two attached hydrogens (primary N) is 1. The molecule has 1 aromatic carbocycles. The zero-order valence-corrected chi connectivity index (χ0v) is 8.34. The van der Waals surface area contributed by atoms with Gasteiger partial charge in [0, 0.05) is 0 Å². The fraction of sp³-hybridized carbons (Fsp3) is 0.333. The van der Waals surface area contributed by atoms with Gasteiger partial charge in [-0.3, -0.25) is 4.18 Å². The molecule has 1 rings (SSSR count). The summed E-state index contributed by atoms with van der Waals surface area (Å²) in [6.07, 6.45) is 1.02. The molecule has 0 heterocycles. The molecule has 3 nitrogen and oxygen atoms in total. The third-order valence-corrected chi connectivity index (χ3v) is 2.12. The largest absolute Gasteiger partial charge is 0.274 e. The van der Waals surface area contributed by atoms with Crippen LogP contribution in [0.4, 0.5) is 0 Å². The van der Waals surface area contributed by atoms with Gasteiger partial charge in [-0.2, -0.15) is 0 Å². The quantitative estimate of drug-likeness (QED) is 0.794. The van der Waals surface area contributed by atoms with Crippen LogP contribution in [0.3, 0.4) is 0 Å². The van der Waals surface area contributed by atoms with Crippen LogP contribution in [-0.2, 0) is 28.5 Å². The molecular weight excluding hydrogens is 186 g/mol. The number of rotatable bonds is 4. The second-order valence-electron chi connectivity index (χ2n) is 2.69. The van der Waals surface area contributed by atoms with E-state index in [0.29, 0.717) is 6.61 Å². The molecule has 2 N–H and O–H groups in total. The fourth-order valence-corrected chi connectivity index (χ4v) is 1.25. The molecule has 0 amide bonds. The van der Waals surface area contributed by atoms with Gasteiger partial charge in [0.25, 0.3) is 0 Å². The molecule has 13 heavy (non-hydrogen) atoms. The third-order valence-electron chi connectivity index (χ3n) is 1.77. The van der Waals surface area contributed by atoms with Gasteiger partial charge in [-0.05, 0) is 17.5 Å². The van der Waals surface area contributed by atoms with Crippen molar-refractivity contribution in [2.24, 2.45) is 5.14 Å². The molecule has 4 heteroatoms. The lowest BCUT2D eigenvalue weighted by Gasteiger charge is -2.01. The highest BCUT2D eigenvalue weighted by Crippen LogP contribution is 2.06. The summed E-state index contributed by atoms with van der Waals surface area (Å²) < 4.78 is 15.2. The van der Waals surface area contributed by atoms with Gasteiger partial charge in [0.1, 0.15) is 0 Å². The van der Waals surface area contributed by atoms with E-state index < -0.39 is 11.3 Å². The van der Waals surface area contributed by atoms with Crippen LogP contribution in [0.25, 0.3) is 0 Å². The van der Waals surface area contributed by atoms with Gasteiger partial charge in [-0.25, -0.2) is 9.35 Å². The first-order valence-electron chi connectivity index (χ1n) is 4.09. The van der Waals surface area contributed by atoms with Crippen LogP contribution < -0.4 is 5.14 Å². The van der Waals surface area contributed by atoms with Gasteiger partial charge in [0.2, 0.25) is 11.3 Å². The summed E-state index contributed by atoms with van der Waals surface area (Å²) in [5.74, 6) is 0.